The molecule has 0 saturated carbocycles. The molecule has 1 atom stereocenters. The molecule has 1 aliphatic rings. The van der Waals surface area contributed by atoms with Crippen LogP contribution in [0.2, 0.25) is 0 Å². The largest absolute Gasteiger partial charge is 0.404 e. The van der Waals surface area contributed by atoms with E-state index in [4.69, 9.17) is 10.5 Å². The highest BCUT2D eigenvalue weighted by Gasteiger charge is 2.62. The van der Waals surface area contributed by atoms with Crippen molar-refractivity contribution >= 4 is 5.91 Å². The second-order valence-corrected chi connectivity index (χ2v) is 4.62. The fourth-order valence-corrected chi connectivity index (χ4v) is 2.23. The van der Waals surface area contributed by atoms with Gasteiger partial charge in [0.25, 0.3) is 0 Å². The van der Waals surface area contributed by atoms with Crippen molar-refractivity contribution in [2.75, 3.05) is 26.2 Å². The summed E-state index contributed by atoms with van der Waals surface area (Å²) in [6.45, 7) is -0.510. The van der Waals surface area contributed by atoms with E-state index in [-0.39, 0.29) is 38.9 Å². The molecule has 0 radical (unpaired) electrons. The number of nitrogens with one attached hydrogen (secondary N) is 1. The van der Waals surface area contributed by atoms with E-state index >= 15 is 0 Å². The smallest absolute Gasteiger partial charge is 0.340 e. The fraction of sp³-hybridized carbons (Fsp3) is 0.750. The van der Waals surface area contributed by atoms with E-state index in [0.29, 0.717) is 0 Å². The van der Waals surface area contributed by atoms with Crippen LogP contribution in [0.1, 0.15) is 19.3 Å². The van der Waals surface area contributed by atoms with Crippen molar-refractivity contribution in [1.82, 2.24) is 10.2 Å². The number of nitriles is 2. The Balaban J connectivity index is 2.96. The minimum atomic E-state index is -4.65. The molecule has 0 bridgehead atoms. The monoisotopic (exact) mass is 288 g/mol. The molecule has 8 heteroatoms. The number of alkyl halides is 3. The van der Waals surface area contributed by atoms with Crippen molar-refractivity contribution in [3.63, 3.8) is 0 Å². The lowest BCUT2D eigenvalue weighted by molar-refractivity contribution is -0.221. The van der Waals surface area contributed by atoms with E-state index in [0.717, 1.165) is 4.90 Å². The van der Waals surface area contributed by atoms with Crippen molar-refractivity contribution in [3.8, 4) is 12.1 Å². The van der Waals surface area contributed by atoms with E-state index in [1.54, 1.807) is 12.1 Å². The first-order valence-corrected chi connectivity index (χ1v) is 6.20. The standard InChI is InChI=1S/C12H15F3N4O/c13-12(14,15)11(3-6-18-9-11)10(20)19(7-1-4-16)8-2-5-17/h18H,1-3,6-9H2. The average molecular weight is 288 g/mol. The Morgan fingerprint density at radius 2 is 1.80 bits per heavy atom. The van der Waals surface area contributed by atoms with Crippen LogP contribution in [0.25, 0.3) is 0 Å². The molecule has 1 N–H and O–H groups in total. The van der Waals surface area contributed by atoms with Gasteiger partial charge in [-0.25, -0.2) is 0 Å². The van der Waals surface area contributed by atoms with Crippen molar-refractivity contribution in [1.29, 1.82) is 10.5 Å². The van der Waals surface area contributed by atoms with Gasteiger partial charge < -0.3 is 10.2 Å². The van der Waals surface area contributed by atoms with Gasteiger partial charge in [-0.1, -0.05) is 0 Å². The van der Waals surface area contributed by atoms with Crippen LogP contribution < -0.4 is 5.32 Å². The van der Waals surface area contributed by atoms with Crippen molar-refractivity contribution < 1.29 is 18.0 Å². The summed E-state index contributed by atoms with van der Waals surface area (Å²) < 4.78 is 39.8. The second-order valence-electron chi connectivity index (χ2n) is 4.62. The molecule has 0 aromatic heterocycles. The van der Waals surface area contributed by atoms with Crippen molar-refractivity contribution in [2.45, 2.75) is 25.4 Å². The van der Waals surface area contributed by atoms with Crippen LogP contribution in [-0.2, 0) is 4.79 Å². The van der Waals surface area contributed by atoms with Crippen LogP contribution in [-0.4, -0.2) is 43.2 Å². The van der Waals surface area contributed by atoms with Gasteiger partial charge in [0.1, 0.15) is 0 Å². The number of rotatable bonds is 5. The van der Waals surface area contributed by atoms with Crippen LogP contribution in [0, 0.1) is 28.1 Å². The zero-order chi connectivity index (χ0) is 15.2. The molecule has 0 aromatic carbocycles. The van der Waals surface area contributed by atoms with E-state index < -0.39 is 24.0 Å². The molecule has 20 heavy (non-hydrogen) atoms. The highest BCUT2D eigenvalue weighted by Crippen LogP contribution is 2.44. The van der Waals surface area contributed by atoms with Gasteiger partial charge in [0.2, 0.25) is 5.91 Å². The number of nitrogens with zero attached hydrogens (tertiary/aromatic N) is 3. The molecule has 1 fully saturated rings. The number of hydrogen-bond acceptors (Lipinski definition) is 4. The summed E-state index contributed by atoms with van der Waals surface area (Å²) in [5.74, 6) is -1.04. The molecular formula is C12H15F3N4O. The number of halogens is 3. The summed E-state index contributed by atoms with van der Waals surface area (Å²) in [5, 5.41) is 19.6. The first-order chi connectivity index (χ1) is 9.39. The van der Waals surface area contributed by atoms with Gasteiger partial charge in [0, 0.05) is 19.6 Å². The lowest BCUT2D eigenvalue weighted by Gasteiger charge is -2.34. The predicted octanol–water partition coefficient (Wildman–Crippen LogP) is 1.18. The quantitative estimate of drug-likeness (QED) is 0.824. The molecule has 1 saturated heterocycles. The number of carbonyl (C=O) groups is 1. The molecular weight excluding hydrogens is 273 g/mol. The summed E-state index contributed by atoms with van der Waals surface area (Å²) in [6.07, 6.45) is -5.08. The summed E-state index contributed by atoms with van der Waals surface area (Å²) in [6, 6.07) is 3.60. The summed E-state index contributed by atoms with van der Waals surface area (Å²) in [4.78, 5) is 13.3. The van der Waals surface area contributed by atoms with Gasteiger partial charge in [0.05, 0.1) is 25.0 Å². The molecule has 5 nitrogen and oxygen atoms in total. The minimum absolute atomic E-state index is 0.0570. The first kappa shape index (κ1) is 16.3. The Labute approximate surface area is 115 Å². The minimum Gasteiger partial charge on any atom is -0.340 e. The van der Waals surface area contributed by atoms with Gasteiger partial charge in [-0.05, 0) is 13.0 Å². The maximum atomic E-state index is 13.3. The highest BCUT2D eigenvalue weighted by atomic mass is 19.4. The van der Waals surface area contributed by atoms with Crippen molar-refractivity contribution in [3.05, 3.63) is 0 Å². The maximum Gasteiger partial charge on any atom is 0.404 e. The molecule has 0 spiro atoms. The van der Waals surface area contributed by atoms with Crippen LogP contribution >= 0.6 is 0 Å². The molecule has 0 aliphatic carbocycles. The van der Waals surface area contributed by atoms with Gasteiger partial charge in [-0.3, -0.25) is 4.79 Å². The van der Waals surface area contributed by atoms with Crippen LogP contribution in [0.3, 0.4) is 0 Å². The van der Waals surface area contributed by atoms with Gasteiger partial charge in [-0.2, -0.15) is 23.7 Å². The molecule has 1 rings (SSSR count). The summed E-state index contributed by atoms with van der Waals surface area (Å²) in [5.41, 5.74) is -2.43. The number of carbonyl (C=O) groups excluding carboxylic acids is 1. The SMILES string of the molecule is N#CCCN(CCC#N)C(=O)C1(C(F)(F)F)CCNC1. The third kappa shape index (κ3) is 3.20. The molecule has 1 unspecified atom stereocenters. The normalized spacial score (nSPS) is 22.1. The van der Waals surface area contributed by atoms with Gasteiger partial charge in [0.15, 0.2) is 5.41 Å². The topological polar surface area (TPSA) is 79.9 Å². The Hall–Kier alpha value is -1.80. The lowest BCUT2D eigenvalue weighted by Crippen LogP contribution is -2.54. The average Bonchev–Trinajstić information content (AvgIpc) is 2.88. The fourth-order valence-electron chi connectivity index (χ4n) is 2.23. The van der Waals surface area contributed by atoms with Crippen LogP contribution in [0.4, 0.5) is 13.2 Å². The zero-order valence-corrected chi connectivity index (χ0v) is 10.8. The number of hydrogen-bond donors (Lipinski definition) is 1. The molecule has 0 aromatic rings. The maximum absolute atomic E-state index is 13.3. The lowest BCUT2D eigenvalue weighted by atomic mass is 9.84. The van der Waals surface area contributed by atoms with E-state index in [1.165, 1.54) is 0 Å². The Morgan fingerprint density at radius 1 is 1.25 bits per heavy atom. The van der Waals surface area contributed by atoms with Crippen LogP contribution in [0.15, 0.2) is 0 Å². The molecule has 1 amide bonds. The Morgan fingerprint density at radius 3 is 2.15 bits per heavy atom. The van der Waals surface area contributed by atoms with Crippen molar-refractivity contribution in [2.24, 2.45) is 5.41 Å². The van der Waals surface area contributed by atoms with Gasteiger partial charge >= 0.3 is 6.18 Å². The van der Waals surface area contributed by atoms with E-state index in [9.17, 15) is 18.0 Å². The molecule has 110 valence electrons. The van der Waals surface area contributed by atoms with Gasteiger partial charge in [-0.15, -0.1) is 0 Å². The van der Waals surface area contributed by atoms with E-state index in [2.05, 4.69) is 5.32 Å². The third-order valence-corrected chi connectivity index (χ3v) is 3.38. The summed E-state index contributed by atoms with van der Waals surface area (Å²) in [7, 11) is 0. The Kier molecular flexibility index (Phi) is 5.34. The second kappa shape index (κ2) is 6.58. The third-order valence-electron chi connectivity index (χ3n) is 3.38. The summed E-state index contributed by atoms with van der Waals surface area (Å²) >= 11 is 0. The predicted molar refractivity (Wildman–Crippen MR) is 63.0 cm³/mol. The number of amides is 1. The zero-order valence-electron chi connectivity index (χ0n) is 10.8. The first-order valence-electron chi connectivity index (χ1n) is 6.20. The Bertz CT molecular complexity index is 411. The van der Waals surface area contributed by atoms with Crippen LogP contribution in [0.5, 0.6) is 0 Å². The molecule has 1 heterocycles. The molecule has 1 aliphatic heterocycles. The highest BCUT2D eigenvalue weighted by molar-refractivity contribution is 5.84. The van der Waals surface area contributed by atoms with E-state index in [1.807, 2.05) is 0 Å².